The number of anilines is 1. The van der Waals surface area contributed by atoms with Gasteiger partial charge in [0.2, 0.25) is 5.91 Å². The van der Waals surface area contributed by atoms with Crippen LogP contribution in [-0.4, -0.2) is 17.4 Å². The molecule has 1 aliphatic carbocycles. The van der Waals surface area contributed by atoms with E-state index in [1.165, 1.54) is 12.1 Å². The third kappa shape index (κ3) is 3.81. The molecule has 2 aliphatic rings. The highest BCUT2D eigenvalue weighted by Crippen LogP contribution is 2.43. The second-order valence-corrected chi connectivity index (χ2v) is 8.28. The Morgan fingerprint density at radius 3 is 2.59 bits per heavy atom. The molecule has 2 aromatic rings. The first-order valence-corrected chi connectivity index (χ1v) is 10.4. The molecule has 1 amide bonds. The Kier molecular flexibility index (Phi) is 5.46. The van der Waals surface area contributed by atoms with Crippen LogP contribution in [0, 0.1) is 11.7 Å². The molecule has 0 radical (unpaired) electrons. The highest BCUT2D eigenvalue weighted by atomic mass is 79.9. The summed E-state index contributed by atoms with van der Waals surface area (Å²) in [7, 11) is 0. The predicted octanol–water partition coefficient (Wildman–Crippen LogP) is 5.41. The van der Waals surface area contributed by atoms with Gasteiger partial charge in [-0.1, -0.05) is 40.2 Å². The summed E-state index contributed by atoms with van der Waals surface area (Å²) in [6.45, 7) is 1.81. The van der Waals surface area contributed by atoms with Crippen molar-refractivity contribution in [1.82, 2.24) is 0 Å². The van der Waals surface area contributed by atoms with E-state index < -0.39 is 17.7 Å². The minimum absolute atomic E-state index is 0.0408. The first-order valence-electron chi connectivity index (χ1n) is 9.58. The first-order chi connectivity index (χ1) is 14.0. The largest absolute Gasteiger partial charge is 0.323 e. The molecule has 0 aromatic heterocycles. The second-order valence-electron chi connectivity index (χ2n) is 7.37. The number of halogens is 2. The number of benzene rings is 2. The minimum Gasteiger partial charge on any atom is -0.323 e. The summed E-state index contributed by atoms with van der Waals surface area (Å²) in [6, 6.07) is 13.7. The van der Waals surface area contributed by atoms with Gasteiger partial charge in [-0.05, 0) is 49.6 Å². The minimum atomic E-state index is -0.684. The van der Waals surface area contributed by atoms with E-state index in [0.717, 1.165) is 28.6 Å². The molecule has 4 rings (SSSR count). The monoisotopic (exact) mass is 454 g/mol. The lowest BCUT2D eigenvalue weighted by molar-refractivity contribution is -0.119. The van der Waals surface area contributed by atoms with E-state index in [-0.39, 0.29) is 17.4 Å². The van der Waals surface area contributed by atoms with Crippen LogP contribution in [-0.2, 0) is 9.59 Å². The molecule has 0 fully saturated rings. The lowest BCUT2D eigenvalue weighted by atomic mass is 9.71. The zero-order chi connectivity index (χ0) is 20.5. The standard InChI is InChI=1S/C23H20BrFN2O2/c1-13-20(23(29)27-17-6-3-2-5-16(17)25)21(14-9-11-15(24)12-10-14)22-18(26-13)7-4-8-19(22)28/h2-3,5-6,9-12,20-21H,4,7-8H2,1H3,(H,27,29)/t20?,21-/m0/s1. The normalized spacial score (nSPS) is 21.5. The van der Waals surface area contributed by atoms with Crippen molar-refractivity contribution in [3.8, 4) is 0 Å². The molecule has 1 unspecified atom stereocenters. The molecule has 0 bridgehead atoms. The number of carbonyl (C=O) groups excluding carboxylic acids is 2. The number of Topliss-reactive ketones (excluding diaryl/α,β-unsaturated/α-hetero) is 1. The summed E-state index contributed by atoms with van der Waals surface area (Å²) in [6.07, 6.45) is 1.96. The van der Waals surface area contributed by atoms with Crippen molar-refractivity contribution in [1.29, 1.82) is 0 Å². The Morgan fingerprint density at radius 2 is 1.86 bits per heavy atom. The molecule has 4 nitrogen and oxygen atoms in total. The van der Waals surface area contributed by atoms with Crippen LogP contribution in [0.25, 0.3) is 0 Å². The lowest BCUT2D eigenvalue weighted by Gasteiger charge is -2.35. The van der Waals surface area contributed by atoms with E-state index in [1.807, 2.05) is 24.3 Å². The summed E-state index contributed by atoms with van der Waals surface area (Å²) in [4.78, 5) is 30.7. The molecule has 0 spiro atoms. The summed E-state index contributed by atoms with van der Waals surface area (Å²) in [5, 5.41) is 2.69. The van der Waals surface area contributed by atoms with Crippen LogP contribution < -0.4 is 5.32 Å². The molecule has 1 N–H and O–H groups in total. The molecule has 2 atom stereocenters. The van der Waals surface area contributed by atoms with Crippen molar-refractivity contribution >= 4 is 39.0 Å². The average Bonchev–Trinajstić information content (AvgIpc) is 2.69. The molecule has 1 aliphatic heterocycles. The van der Waals surface area contributed by atoms with Gasteiger partial charge in [0.05, 0.1) is 11.6 Å². The number of hydrogen-bond donors (Lipinski definition) is 1. The van der Waals surface area contributed by atoms with Gasteiger partial charge >= 0.3 is 0 Å². The summed E-state index contributed by atoms with van der Waals surface area (Å²) < 4.78 is 15.0. The van der Waals surface area contributed by atoms with Gasteiger partial charge < -0.3 is 5.32 Å². The number of allylic oxidation sites excluding steroid dienone is 2. The van der Waals surface area contributed by atoms with Crippen LogP contribution in [0.4, 0.5) is 10.1 Å². The smallest absolute Gasteiger partial charge is 0.234 e. The average molecular weight is 455 g/mol. The third-order valence-electron chi connectivity index (χ3n) is 5.48. The van der Waals surface area contributed by atoms with E-state index in [4.69, 9.17) is 0 Å². The molecule has 2 aromatic carbocycles. The molecular formula is C23H20BrFN2O2. The fourth-order valence-corrected chi connectivity index (χ4v) is 4.41. The lowest BCUT2D eigenvalue weighted by Crippen LogP contribution is -2.39. The van der Waals surface area contributed by atoms with Crippen molar-refractivity contribution in [3.05, 3.63) is 75.7 Å². The number of carbonyl (C=O) groups is 2. The Balaban J connectivity index is 1.78. The van der Waals surface area contributed by atoms with Crippen molar-refractivity contribution in [2.24, 2.45) is 10.9 Å². The Labute approximate surface area is 177 Å². The SMILES string of the molecule is CC1=NC2=C(C(=O)CCC2)[C@@H](c2ccc(Br)cc2)C1C(=O)Nc1ccccc1F. The van der Waals surface area contributed by atoms with E-state index in [0.29, 0.717) is 17.7 Å². The number of hydrogen-bond acceptors (Lipinski definition) is 3. The van der Waals surface area contributed by atoms with Crippen LogP contribution >= 0.6 is 15.9 Å². The second kappa shape index (κ2) is 8.03. The van der Waals surface area contributed by atoms with E-state index >= 15 is 0 Å². The van der Waals surface area contributed by atoms with Gasteiger partial charge in [-0.2, -0.15) is 0 Å². The topological polar surface area (TPSA) is 58.5 Å². The zero-order valence-electron chi connectivity index (χ0n) is 15.9. The van der Waals surface area contributed by atoms with Crippen LogP contribution in [0.1, 0.15) is 37.7 Å². The number of aliphatic imine (C=N–C) groups is 1. The Hall–Kier alpha value is -2.60. The van der Waals surface area contributed by atoms with Gasteiger partial charge in [0.15, 0.2) is 5.78 Å². The van der Waals surface area contributed by atoms with Crippen LogP contribution in [0.2, 0.25) is 0 Å². The highest BCUT2D eigenvalue weighted by Gasteiger charge is 2.42. The van der Waals surface area contributed by atoms with Crippen LogP contribution in [0.15, 0.2) is 69.3 Å². The number of amides is 1. The Morgan fingerprint density at radius 1 is 1.14 bits per heavy atom. The maximum Gasteiger partial charge on any atom is 0.234 e. The maximum atomic E-state index is 14.1. The highest BCUT2D eigenvalue weighted by molar-refractivity contribution is 9.10. The van der Waals surface area contributed by atoms with E-state index in [9.17, 15) is 14.0 Å². The van der Waals surface area contributed by atoms with Crippen molar-refractivity contribution in [2.45, 2.75) is 32.1 Å². The molecule has 148 valence electrons. The number of para-hydroxylation sites is 1. The molecule has 6 heteroatoms. The van der Waals surface area contributed by atoms with Gasteiger partial charge in [-0.25, -0.2) is 4.39 Å². The van der Waals surface area contributed by atoms with Crippen LogP contribution in [0.3, 0.4) is 0 Å². The van der Waals surface area contributed by atoms with E-state index in [2.05, 4.69) is 26.2 Å². The molecule has 29 heavy (non-hydrogen) atoms. The Bertz CT molecular complexity index is 1040. The number of nitrogens with one attached hydrogen (secondary N) is 1. The number of rotatable bonds is 3. The first kappa shape index (κ1) is 19.7. The van der Waals surface area contributed by atoms with E-state index in [1.54, 1.807) is 19.1 Å². The van der Waals surface area contributed by atoms with Crippen LogP contribution in [0.5, 0.6) is 0 Å². The maximum absolute atomic E-state index is 14.1. The fraction of sp³-hybridized carbons (Fsp3) is 0.261. The number of ketones is 1. The fourth-order valence-electron chi connectivity index (χ4n) is 4.15. The van der Waals surface area contributed by atoms with Crippen molar-refractivity contribution in [2.75, 3.05) is 5.32 Å². The van der Waals surface area contributed by atoms with Gasteiger partial charge in [-0.15, -0.1) is 0 Å². The molecule has 0 saturated carbocycles. The summed E-state index contributed by atoms with van der Waals surface area (Å²) in [5.74, 6) is -1.94. The van der Waals surface area contributed by atoms with Crippen molar-refractivity contribution < 1.29 is 14.0 Å². The zero-order valence-corrected chi connectivity index (χ0v) is 17.5. The van der Waals surface area contributed by atoms with Gasteiger partial charge in [-0.3, -0.25) is 14.6 Å². The molecule has 0 saturated heterocycles. The predicted molar refractivity (Wildman–Crippen MR) is 114 cm³/mol. The van der Waals surface area contributed by atoms with Crippen molar-refractivity contribution in [3.63, 3.8) is 0 Å². The quantitative estimate of drug-likeness (QED) is 0.673. The van der Waals surface area contributed by atoms with Gasteiger partial charge in [0.25, 0.3) is 0 Å². The van der Waals surface area contributed by atoms with Gasteiger partial charge in [0, 0.05) is 33.8 Å². The third-order valence-corrected chi connectivity index (χ3v) is 6.01. The summed E-state index contributed by atoms with van der Waals surface area (Å²) in [5.41, 5.74) is 3.04. The summed E-state index contributed by atoms with van der Waals surface area (Å²) >= 11 is 3.43. The molecule has 1 heterocycles. The van der Waals surface area contributed by atoms with Gasteiger partial charge in [0.1, 0.15) is 5.82 Å². The molecular weight excluding hydrogens is 435 g/mol. The number of nitrogens with zero attached hydrogens (tertiary/aromatic N) is 1.